The molecule has 82 valence electrons. The van der Waals surface area contributed by atoms with Gasteiger partial charge in [0, 0.05) is 6.20 Å². The largest absolute Gasteiger partial charge is 0.479 e. The van der Waals surface area contributed by atoms with E-state index in [2.05, 4.69) is 5.10 Å². The van der Waals surface area contributed by atoms with E-state index in [9.17, 15) is 9.90 Å². The van der Waals surface area contributed by atoms with Gasteiger partial charge in [-0.1, -0.05) is 18.2 Å². The molecule has 0 amide bonds. The maximum Gasteiger partial charge on any atom is 0.338 e. The smallest absolute Gasteiger partial charge is 0.338 e. The third kappa shape index (κ3) is 1.80. The third-order valence-corrected chi connectivity index (χ3v) is 2.19. The second-order valence-electron chi connectivity index (χ2n) is 3.24. The highest BCUT2D eigenvalue weighted by Crippen LogP contribution is 2.16. The number of carboxylic acid groups (broad SMARTS) is 1. The van der Waals surface area contributed by atoms with Crippen LogP contribution in [-0.4, -0.2) is 26.0 Å². The number of nitrogens with zero attached hydrogens (tertiary/aromatic N) is 2. The molecule has 0 bridgehead atoms. The van der Waals surface area contributed by atoms with Crippen LogP contribution < -0.4 is 0 Å². The highest BCUT2D eigenvalue weighted by atomic mass is 16.4. The fourth-order valence-electron chi connectivity index (χ4n) is 1.43. The van der Waals surface area contributed by atoms with Gasteiger partial charge in [-0.2, -0.15) is 5.10 Å². The lowest BCUT2D eigenvalue weighted by molar-refractivity contribution is -0.147. The quantitative estimate of drug-likeness (QED) is 0.805. The predicted octanol–water partition coefficient (Wildman–Crippen LogP) is 0.990. The standard InChI is InChI=1S/C11H10N2O3/c14-10(11(15)16)9-6-7-12-13(9)8-4-2-1-3-5-8/h1-7,10,14H,(H,15,16). The Bertz CT molecular complexity index is 493. The Morgan fingerprint density at radius 2 is 1.94 bits per heavy atom. The molecule has 1 aromatic heterocycles. The van der Waals surface area contributed by atoms with E-state index in [0.717, 1.165) is 0 Å². The Labute approximate surface area is 91.6 Å². The maximum atomic E-state index is 10.7. The Kier molecular flexibility index (Phi) is 2.70. The summed E-state index contributed by atoms with van der Waals surface area (Å²) >= 11 is 0. The van der Waals surface area contributed by atoms with Crippen LogP contribution in [0.4, 0.5) is 0 Å². The van der Waals surface area contributed by atoms with E-state index in [1.54, 1.807) is 12.1 Å². The Balaban J connectivity index is 2.44. The van der Waals surface area contributed by atoms with Gasteiger partial charge in [0.1, 0.15) is 0 Å². The summed E-state index contributed by atoms with van der Waals surface area (Å²) in [6.45, 7) is 0. The topological polar surface area (TPSA) is 75.3 Å². The van der Waals surface area contributed by atoms with Crippen LogP contribution in [0.1, 0.15) is 11.8 Å². The highest BCUT2D eigenvalue weighted by molar-refractivity contribution is 5.73. The summed E-state index contributed by atoms with van der Waals surface area (Å²) in [5, 5.41) is 22.2. The second kappa shape index (κ2) is 4.16. The Morgan fingerprint density at radius 1 is 1.25 bits per heavy atom. The minimum atomic E-state index is -1.57. The van der Waals surface area contributed by atoms with Gasteiger partial charge in [-0.15, -0.1) is 0 Å². The minimum Gasteiger partial charge on any atom is -0.479 e. The first-order valence-electron chi connectivity index (χ1n) is 4.70. The molecule has 2 rings (SSSR count). The number of aliphatic hydroxyl groups is 1. The molecule has 2 aromatic rings. The van der Waals surface area contributed by atoms with Crippen LogP contribution in [0.5, 0.6) is 0 Å². The lowest BCUT2D eigenvalue weighted by Crippen LogP contribution is -2.15. The Morgan fingerprint density at radius 3 is 2.56 bits per heavy atom. The molecule has 1 unspecified atom stereocenters. The fourth-order valence-corrected chi connectivity index (χ4v) is 1.43. The number of para-hydroxylation sites is 1. The number of hydrogen-bond donors (Lipinski definition) is 2. The van der Waals surface area contributed by atoms with Crippen molar-refractivity contribution in [1.82, 2.24) is 9.78 Å². The molecule has 16 heavy (non-hydrogen) atoms. The maximum absolute atomic E-state index is 10.7. The normalized spacial score (nSPS) is 12.3. The summed E-state index contributed by atoms with van der Waals surface area (Å²) in [6.07, 6.45) is -0.114. The number of rotatable bonds is 3. The van der Waals surface area contributed by atoms with Gasteiger partial charge in [0.15, 0.2) is 6.10 Å². The van der Waals surface area contributed by atoms with Crippen LogP contribution in [0.15, 0.2) is 42.6 Å². The molecule has 2 N–H and O–H groups in total. The van der Waals surface area contributed by atoms with E-state index < -0.39 is 12.1 Å². The molecule has 5 heteroatoms. The lowest BCUT2D eigenvalue weighted by Gasteiger charge is -2.09. The van der Waals surface area contributed by atoms with Crippen molar-refractivity contribution in [3.8, 4) is 5.69 Å². The summed E-state index contributed by atoms with van der Waals surface area (Å²) in [5.74, 6) is -1.29. The number of carbonyl (C=O) groups is 1. The van der Waals surface area contributed by atoms with Gasteiger partial charge in [-0.3, -0.25) is 0 Å². The lowest BCUT2D eigenvalue weighted by atomic mass is 10.2. The van der Waals surface area contributed by atoms with Crippen LogP contribution in [0, 0.1) is 0 Å². The van der Waals surface area contributed by atoms with E-state index in [4.69, 9.17) is 5.11 Å². The molecular formula is C11H10N2O3. The van der Waals surface area contributed by atoms with E-state index in [-0.39, 0.29) is 5.69 Å². The van der Waals surface area contributed by atoms with Gasteiger partial charge in [-0.05, 0) is 18.2 Å². The van der Waals surface area contributed by atoms with Crippen molar-refractivity contribution in [2.75, 3.05) is 0 Å². The van der Waals surface area contributed by atoms with Crippen molar-refractivity contribution in [2.24, 2.45) is 0 Å². The average molecular weight is 218 g/mol. The minimum absolute atomic E-state index is 0.235. The average Bonchev–Trinajstić information content (AvgIpc) is 2.77. The van der Waals surface area contributed by atoms with Crippen LogP contribution in [0.25, 0.3) is 5.69 Å². The van der Waals surface area contributed by atoms with Crippen LogP contribution in [-0.2, 0) is 4.79 Å². The molecule has 0 spiro atoms. The number of carboxylic acids is 1. The van der Waals surface area contributed by atoms with Gasteiger partial charge >= 0.3 is 5.97 Å². The summed E-state index contributed by atoms with van der Waals surface area (Å²) in [7, 11) is 0. The monoisotopic (exact) mass is 218 g/mol. The first-order valence-corrected chi connectivity index (χ1v) is 4.70. The van der Waals surface area contributed by atoms with Crippen LogP contribution >= 0.6 is 0 Å². The zero-order valence-corrected chi connectivity index (χ0v) is 8.32. The van der Waals surface area contributed by atoms with Gasteiger partial charge in [0.05, 0.1) is 11.4 Å². The number of aliphatic carboxylic acids is 1. The molecule has 0 saturated carbocycles. The van der Waals surface area contributed by atoms with Gasteiger partial charge < -0.3 is 10.2 Å². The summed E-state index contributed by atoms with van der Waals surface area (Å²) in [4.78, 5) is 10.7. The van der Waals surface area contributed by atoms with Crippen molar-refractivity contribution in [3.63, 3.8) is 0 Å². The third-order valence-electron chi connectivity index (χ3n) is 2.19. The summed E-state index contributed by atoms with van der Waals surface area (Å²) in [6, 6.07) is 10.5. The molecular weight excluding hydrogens is 208 g/mol. The number of aliphatic hydroxyl groups excluding tert-OH is 1. The first-order chi connectivity index (χ1) is 7.70. The molecule has 1 aromatic carbocycles. The molecule has 0 aliphatic carbocycles. The van der Waals surface area contributed by atoms with Crippen molar-refractivity contribution >= 4 is 5.97 Å². The van der Waals surface area contributed by atoms with E-state index in [1.807, 2.05) is 18.2 Å². The SMILES string of the molecule is O=C(O)C(O)c1ccnn1-c1ccccc1. The highest BCUT2D eigenvalue weighted by Gasteiger charge is 2.20. The number of hydrogen-bond acceptors (Lipinski definition) is 3. The van der Waals surface area contributed by atoms with E-state index in [0.29, 0.717) is 5.69 Å². The molecule has 0 aliphatic rings. The molecule has 0 saturated heterocycles. The van der Waals surface area contributed by atoms with E-state index >= 15 is 0 Å². The van der Waals surface area contributed by atoms with Crippen molar-refractivity contribution in [3.05, 3.63) is 48.3 Å². The second-order valence-corrected chi connectivity index (χ2v) is 3.24. The molecule has 0 radical (unpaired) electrons. The van der Waals surface area contributed by atoms with Gasteiger partial charge in [-0.25, -0.2) is 9.48 Å². The van der Waals surface area contributed by atoms with Crippen molar-refractivity contribution < 1.29 is 15.0 Å². The zero-order valence-electron chi connectivity index (χ0n) is 8.32. The molecule has 0 fully saturated rings. The predicted molar refractivity (Wildman–Crippen MR) is 56.2 cm³/mol. The number of benzene rings is 1. The molecule has 1 heterocycles. The van der Waals surface area contributed by atoms with Crippen LogP contribution in [0.3, 0.4) is 0 Å². The molecule has 1 atom stereocenters. The Hall–Kier alpha value is -2.14. The zero-order chi connectivity index (χ0) is 11.5. The summed E-state index contributed by atoms with van der Waals surface area (Å²) < 4.78 is 1.40. The van der Waals surface area contributed by atoms with Crippen molar-refractivity contribution in [2.45, 2.75) is 6.10 Å². The van der Waals surface area contributed by atoms with E-state index in [1.165, 1.54) is 16.9 Å². The fraction of sp³-hybridized carbons (Fsp3) is 0.0909. The van der Waals surface area contributed by atoms with Gasteiger partial charge in [0.25, 0.3) is 0 Å². The van der Waals surface area contributed by atoms with Gasteiger partial charge in [0.2, 0.25) is 0 Å². The molecule has 0 aliphatic heterocycles. The number of aromatic nitrogens is 2. The first kappa shape index (κ1) is 10.4. The van der Waals surface area contributed by atoms with Crippen molar-refractivity contribution in [1.29, 1.82) is 0 Å². The summed E-state index contributed by atoms with van der Waals surface area (Å²) in [5.41, 5.74) is 0.946. The van der Waals surface area contributed by atoms with Crippen LogP contribution in [0.2, 0.25) is 0 Å². The molecule has 5 nitrogen and oxygen atoms in total.